The van der Waals surface area contributed by atoms with Crippen molar-refractivity contribution in [3.8, 4) is 5.75 Å². The Bertz CT molecular complexity index is 1250. The molecule has 2 aromatic heterocycles. The molecule has 1 saturated heterocycles. The minimum Gasteiger partial charge on any atom is -0.495 e. The molecule has 0 unspecified atom stereocenters. The van der Waals surface area contributed by atoms with E-state index < -0.39 is 15.9 Å². The van der Waals surface area contributed by atoms with E-state index in [2.05, 4.69) is 15.4 Å². The smallest absolute Gasteiger partial charge is 0.261 e. The number of aromatic nitrogens is 3. The van der Waals surface area contributed by atoms with Crippen molar-refractivity contribution in [3.63, 3.8) is 0 Å². The number of benzene rings is 1. The molecular weight excluding hydrogens is 422 g/mol. The van der Waals surface area contributed by atoms with Crippen molar-refractivity contribution in [2.45, 2.75) is 18.7 Å². The highest BCUT2D eigenvalue weighted by molar-refractivity contribution is 7.89. The Balaban J connectivity index is 1.67. The molecule has 1 amide bonds. The van der Waals surface area contributed by atoms with Crippen LogP contribution in [-0.2, 0) is 14.8 Å². The zero-order chi connectivity index (χ0) is 22.2. The normalized spacial score (nSPS) is 15.2. The molecule has 0 bridgehead atoms. The van der Waals surface area contributed by atoms with Crippen molar-refractivity contribution in [2.24, 2.45) is 0 Å². The molecule has 0 atom stereocenters. The lowest BCUT2D eigenvalue weighted by atomic mass is 10.2. The fourth-order valence-corrected chi connectivity index (χ4v) is 5.10. The summed E-state index contributed by atoms with van der Waals surface area (Å²) in [4.78, 5) is 17.3. The zero-order valence-corrected chi connectivity index (χ0v) is 18.3. The average molecular weight is 446 g/mol. The second-order valence-electron chi connectivity index (χ2n) is 7.17. The van der Waals surface area contributed by atoms with Gasteiger partial charge in [0.15, 0.2) is 5.65 Å². The molecule has 10 nitrogen and oxygen atoms in total. The maximum Gasteiger partial charge on any atom is 0.261 e. The van der Waals surface area contributed by atoms with Crippen molar-refractivity contribution in [1.82, 2.24) is 18.9 Å². The summed E-state index contributed by atoms with van der Waals surface area (Å²) in [6.45, 7) is 4.90. The Labute approximate surface area is 179 Å². The molecule has 31 heavy (non-hydrogen) atoms. The first-order valence-electron chi connectivity index (χ1n) is 9.70. The number of fused-ring (bicyclic) bond motifs is 1. The van der Waals surface area contributed by atoms with E-state index in [0.29, 0.717) is 30.1 Å². The van der Waals surface area contributed by atoms with Crippen LogP contribution in [0.1, 0.15) is 21.7 Å². The van der Waals surface area contributed by atoms with Gasteiger partial charge < -0.3 is 14.8 Å². The van der Waals surface area contributed by atoms with Crippen LogP contribution in [0.3, 0.4) is 0 Å². The summed E-state index contributed by atoms with van der Waals surface area (Å²) >= 11 is 0. The van der Waals surface area contributed by atoms with E-state index in [4.69, 9.17) is 9.47 Å². The summed E-state index contributed by atoms with van der Waals surface area (Å²) in [6, 6.07) is 6.38. The molecule has 3 aromatic rings. The number of amides is 1. The molecule has 1 N–H and O–H groups in total. The third-order valence-electron chi connectivity index (χ3n) is 5.03. The van der Waals surface area contributed by atoms with Gasteiger partial charge >= 0.3 is 0 Å². The van der Waals surface area contributed by atoms with Gasteiger partial charge in [-0.3, -0.25) is 4.79 Å². The minimum absolute atomic E-state index is 0.0145. The van der Waals surface area contributed by atoms with Crippen LogP contribution in [-0.4, -0.2) is 66.6 Å². The number of aryl methyl sites for hydroxylation is 2. The molecule has 1 fully saturated rings. The second kappa shape index (κ2) is 8.25. The summed E-state index contributed by atoms with van der Waals surface area (Å²) in [7, 11) is -2.41. The maximum atomic E-state index is 13.1. The van der Waals surface area contributed by atoms with Gasteiger partial charge in [-0.2, -0.15) is 9.40 Å². The molecule has 3 heterocycles. The predicted molar refractivity (Wildman–Crippen MR) is 113 cm³/mol. The average Bonchev–Trinajstić information content (AvgIpc) is 3.18. The first kappa shape index (κ1) is 21.2. The highest BCUT2D eigenvalue weighted by Crippen LogP contribution is 2.30. The summed E-state index contributed by atoms with van der Waals surface area (Å²) < 4.78 is 39.7. The number of carbonyl (C=O) groups excluding carboxylic acids is 1. The monoisotopic (exact) mass is 445 g/mol. The van der Waals surface area contributed by atoms with Gasteiger partial charge in [-0.15, -0.1) is 0 Å². The molecular formula is C20H23N5O5S. The van der Waals surface area contributed by atoms with Crippen LogP contribution in [0.4, 0.5) is 5.69 Å². The highest BCUT2D eigenvalue weighted by Gasteiger charge is 2.30. The van der Waals surface area contributed by atoms with Gasteiger partial charge in [-0.25, -0.2) is 17.9 Å². The Kier molecular flexibility index (Phi) is 5.65. The lowest BCUT2D eigenvalue weighted by Crippen LogP contribution is -2.40. The van der Waals surface area contributed by atoms with Gasteiger partial charge in [-0.05, 0) is 38.1 Å². The lowest BCUT2D eigenvalue weighted by molar-refractivity contribution is 0.0729. The minimum atomic E-state index is -3.81. The molecule has 0 spiro atoms. The van der Waals surface area contributed by atoms with E-state index in [0.717, 1.165) is 11.4 Å². The van der Waals surface area contributed by atoms with E-state index in [1.807, 2.05) is 19.9 Å². The highest BCUT2D eigenvalue weighted by atomic mass is 32.2. The molecule has 11 heteroatoms. The summed E-state index contributed by atoms with van der Waals surface area (Å²) in [5.41, 5.74) is 2.67. The van der Waals surface area contributed by atoms with E-state index in [9.17, 15) is 13.2 Å². The van der Waals surface area contributed by atoms with Crippen LogP contribution >= 0.6 is 0 Å². The van der Waals surface area contributed by atoms with Crippen molar-refractivity contribution >= 4 is 27.3 Å². The van der Waals surface area contributed by atoms with Gasteiger partial charge in [0.05, 0.1) is 26.5 Å². The summed E-state index contributed by atoms with van der Waals surface area (Å²) in [5.74, 6) is -0.235. The maximum absolute atomic E-state index is 13.1. The van der Waals surface area contributed by atoms with Crippen LogP contribution in [0.15, 0.2) is 35.4 Å². The number of anilines is 1. The standard InChI is InChI=1S/C20H23N5O5S/c1-13-10-14(2)25-19(22-13)16(12-21-25)20(26)23-15-4-5-17(29-3)18(11-15)31(27,28)24-6-8-30-9-7-24/h4-5,10-12H,6-9H2,1-3H3,(H,23,26). The molecule has 1 aromatic carbocycles. The molecule has 0 radical (unpaired) electrons. The topological polar surface area (TPSA) is 115 Å². The number of nitrogens with zero attached hydrogens (tertiary/aromatic N) is 4. The number of hydrogen-bond acceptors (Lipinski definition) is 7. The first-order valence-corrected chi connectivity index (χ1v) is 11.1. The number of rotatable bonds is 5. The Morgan fingerprint density at radius 2 is 1.94 bits per heavy atom. The zero-order valence-electron chi connectivity index (χ0n) is 17.5. The van der Waals surface area contributed by atoms with Crippen molar-refractivity contribution < 1.29 is 22.7 Å². The SMILES string of the molecule is COc1ccc(NC(=O)c2cnn3c(C)cc(C)nc23)cc1S(=O)(=O)N1CCOCC1. The molecule has 4 rings (SSSR count). The molecule has 1 aliphatic heterocycles. The Morgan fingerprint density at radius 1 is 1.19 bits per heavy atom. The Hall–Kier alpha value is -3.02. The number of ether oxygens (including phenoxy) is 2. The van der Waals surface area contributed by atoms with E-state index in [1.165, 1.54) is 29.7 Å². The largest absolute Gasteiger partial charge is 0.495 e. The molecule has 164 valence electrons. The van der Waals surface area contributed by atoms with E-state index >= 15 is 0 Å². The Morgan fingerprint density at radius 3 is 2.65 bits per heavy atom. The van der Waals surface area contributed by atoms with Crippen LogP contribution in [0.5, 0.6) is 5.75 Å². The predicted octanol–water partition coefficient (Wildman–Crippen LogP) is 1.63. The number of methoxy groups -OCH3 is 1. The van der Waals surface area contributed by atoms with Gasteiger partial charge in [0.1, 0.15) is 16.2 Å². The third-order valence-corrected chi connectivity index (χ3v) is 6.95. The number of sulfonamides is 1. The molecule has 1 aliphatic rings. The lowest BCUT2D eigenvalue weighted by Gasteiger charge is -2.26. The summed E-state index contributed by atoms with van der Waals surface area (Å²) in [6.07, 6.45) is 1.44. The van der Waals surface area contributed by atoms with Gasteiger partial charge in [0.25, 0.3) is 5.91 Å². The third kappa shape index (κ3) is 3.99. The van der Waals surface area contributed by atoms with Crippen LogP contribution in [0, 0.1) is 13.8 Å². The van der Waals surface area contributed by atoms with Crippen molar-refractivity contribution in [2.75, 3.05) is 38.7 Å². The van der Waals surface area contributed by atoms with Crippen molar-refractivity contribution in [3.05, 3.63) is 47.4 Å². The fourth-order valence-electron chi connectivity index (χ4n) is 3.51. The fraction of sp³-hybridized carbons (Fsp3) is 0.350. The number of carbonyl (C=O) groups is 1. The van der Waals surface area contributed by atoms with Crippen LogP contribution < -0.4 is 10.1 Å². The first-order chi connectivity index (χ1) is 14.8. The number of morpholine rings is 1. The van der Waals surface area contributed by atoms with Crippen LogP contribution in [0.2, 0.25) is 0 Å². The van der Waals surface area contributed by atoms with Gasteiger partial charge in [0, 0.05) is 30.2 Å². The second-order valence-corrected chi connectivity index (χ2v) is 9.08. The molecule has 0 aliphatic carbocycles. The van der Waals surface area contributed by atoms with Crippen molar-refractivity contribution in [1.29, 1.82) is 0 Å². The van der Waals surface area contributed by atoms with E-state index in [1.54, 1.807) is 10.6 Å². The van der Waals surface area contributed by atoms with Gasteiger partial charge in [0.2, 0.25) is 10.0 Å². The summed E-state index contributed by atoms with van der Waals surface area (Å²) in [5, 5.41) is 6.97. The number of nitrogens with one attached hydrogen (secondary N) is 1. The molecule has 0 saturated carbocycles. The number of hydrogen-bond donors (Lipinski definition) is 1. The van der Waals surface area contributed by atoms with Crippen LogP contribution in [0.25, 0.3) is 5.65 Å². The van der Waals surface area contributed by atoms with Gasteiger partial charge in [-0.1, -0.05) is 0 Å². The quantitative estimate of drug-likeness (QED) is 0.635. The van der Waals surface area contributed by atoms with E-state index in [-0.39, 0.29) is 23.7 Å².